The highest BCUT2D eigenvalue weighted by Gasteiger charge is 2.18. The molecule has 4 nitrogen and oxygen atoms in total. The summed E-state index contributed by atoms with van der Waals surface area (Å²) in [4.78, 5) is 14.4. The number of nitrogens with one attached hydrogen (secondary N) is 1. The third kappa shape index (κ3) is 4.83. The first kappa shape index (κ1) is 16.5. The summed E-state index contributed by atoms with van der Waals surface area (Å²) in [6.45, 7) is 4.74. The van der Waals surface area contributed by atoms with Crippen LogP contribution in [-0.4, -0.2) is 30.4 Å². The number of carbonyl (C=O) groups excluding carboxylic acids is 1. The molecule has 1 aliphatic heterocycles. The quantitative estimate of drug-likeness (QED) is 0.898. The number of nitrogens with zero attached hydrogens (tertiary/aromatic N) is 1. The van der Waals surface area contributed by atoms with Gasteiger partial charge in [-0.05, 0) is 61.7 Å². The zero-order valence-electron chi connectivity index (χ0n) is 14.1. The Balaban J connectivity index is 1.51. The number of hydrogen-bond acceptors (Lipinski definition) is 3. The summed E-state index contributed by atoms with van der Waals surface area (Å²) >= 11 is 0. The molecule has 1 unspecified atom stereocenters. The minimum atomic E-state index is 0.0424. The number of amides is 1. The van der Waals surface area contributed by atoms with E-state index in [0.29, 0.717) is 12.5 Å². The molecule has 1 amide bonds. The van der Waals surface area contributed by atoms with Gasteiger partial charge in [0.1, 0.15) is 11.5 Å². The van der Waals surface area contributed by atoms with E-state index in [-0.39, 0.29) is 5.91 Å². The first-order valence-electron chi connectivity index (χ1n) is 8.54. The second-order valence-electron chi connectivity index (χ2n) is 6.47. The number of anilines is 1. The Morgan fingerprint density at radius 1 is 1.12 bits per heavy atom. The van der Waals surface area contributed by atoms with Crippen LogP contribution in [0.1, 0.15) is 19.8 Å². The van der Waals surface area contributed by atoms with Crippen molar-refractivity contribution in [1.29, 1.82) is 0 Å². The molecule has 1 aliphatic rings. The fraction of sp³-hybridized carbons (Fsp3) is 0.350. The Bertz CT molecular complexity index is 655. The van der Waals surface area contributed by atoms with E-state index < -0.39 is 0 Å². The van der Waals surface area contributed by atoms with Crippen LogP contribution in [0.15, 0.2) is 54.6 Å². The lowest BCUT2D eigenvalue weighted by Crippen LogP contribution is -2.39. The molecule has 2 aromatic carbocycles. The largest absolute Gasteiger partial charge is 0.457 e. The SMILES string of the molecule is CC1CCCN(CC(=O)Nc2ccc(Oc3ccccc3)cc2)C1. The van der Waals surface area contributed by atoms with E-state index in [1.165, 1.54) is 12.8 Å². The number of hydrogen-bond donors (Lipinski definition) is 1. The molecule has 1 fully saturated rings. The number of benzene rings is 2. The molecule has 0 spiro atoms. The standard InChI is InChI=1S/C20H24N2O2/c1-16-6-5-13-22(14-16)15-20(23)21-17-9-11-19(12-10-17)24-18-7-3-2-4-8-18/h2-4,7-12,16H,5-6,13-15H2,1H3,(H,21,23). The van der Waals surface area contributed by atoms with Crippen LogP contribution in [0.3, 0.4) is 0 Å². The molecule has 0 bridgehead atoms. The summed E-state index contributed by atoms with van der Waals surface area (Å²) in [5, 5.41) is 2.96. The van der Waals surface area contributed by atoms with Gasteiger partial charge in [-0.1, -0.05) is 25.1 Å². The van der Waals surface area contributed by atoms with Crippen molar-refractivity contribution in [1.82, 2.24) is 4.90 Å². The third-order valence-electron chi connectivity index (χ3n) is 4.23. The average Bonchev–Trinajstić information content (AvgIpc) is 2.57. The minimum absolute atomic E-state index is 0.0424. The van der Waals surface area contributed by atoms with Gasteiger partial charge in [-0.25, -0.2) is 0 Å². The molecule has 3 rings (SSSR count). The lowest BCUT2D eigenvalue weighted by molar-refractivity contribution is -0.117. The number of para-hydroxylation sites is 1. The Kier molecular flexibility index (Phi) is 5.49. The molecular weight excluding hydrogens is 300 g/mol. The van der Waals surface area contributed by atoms with Gasteiger partial charge >= 0.3 is 0 Å². The van der Waals surface area contributed by atoms with Crippen LogP contribution in [0.2, 0.25) is 0 Å². The maximum atomic E-state index is 12.2. The van der Waals surface area contributed by atoms with Crippen molar-refractivity contribution in [2.45, 2.75) is 19.8 Å². The van der Waals surface area contributed by atoms with E-state index >= 15 is 0 Å². The summed E-state index contributed by atoms with van der Waals surface area (Å²) in [5.41, 5.74) is 0.797. The maximum Gasteiger partial charge on any atom is 0.238 e. The van der Waals surface area contributed by atoms with Gasteiger partial charge in [0, 0.05) is 12.2 Å². The molecule has 4 heteroatoms. The van der Waals surface area contributed by atoms with Crippen molar-refractivity contribution in [3.63, 3.8) is 0 Å². The average molecular weight is 324 g/mol. The van der Waals surface area contributed by atoms with Crippen molar-refractivity contribution in [2.24, 2.45) is 5.92 Å². The minimum Gasteiger partial charge on any atom is -0.457 e. The van der Waals surface area contributed by atoms with Gasteiger partial charge in [0.25, 0.3) is 0 Å². The molecule has 1 heterocycles. The molecule has 1 saturated heterocycles. The summed E-state index contributed by atoms with van der Waals surface area (Å²) in [7, 11) is 0. The summed E-state index contributed by atoms with van der Waals surface area (Å²) < 4.78 is 5.75. The van der Waals surface area contributed by atoms with E-state index in [2.05, 4.69) is 17.1 Å². The van der Waals surface area contributed by atoms with Gasteiger partial charge in [-0.3, -0.25) is 9.69 Å². The van der Waals surface area contributed by atoms with Gasteiger partial charge in [0.2, 0.25) is 5.91 Å². The molecule has 0 aliphatic carbocycles. The van der Waals surface area contributed by atoms with Gasteiger partial charge < -0.3 is 10.1 Å². The van der Waals surface area contributed by atoms with Crippen molar-refractivity contribution >= 4 is 11.6 Å². The van der Waals surface area contributed by atoms with Crippen LogP contribution in [0, 0.1) is 5.92 Å². The van der Waals surface area contributed by atoms with Crippen molar-refractivity contribution in [3.05, 3.63) is 54.6 Å². The third-order valence-corrected chi connectivity index (χ3v) is 4.23. The normalized spacial score (nSPS) is 18.1. The van der Waals surface area contributed by atoms with Crippen LogP contribution in [0.25, 0.3) is 0 Å². The number of ether oxygens (including phenoxy) is 1. The monoisotopic (exact) mass is 324 g/mol. The summed E-state index contributed by atoms with van der Waals surface area (Å²) in [6, 6.07) is 17.1. The number of carbonyl (C=O) groups is 1. The predicted molar refractivity (Wildman–Crippen MR) is 96.4 cm³/mol. The topological polar surface area (TPSA) is 41.6 Å². The summed E-state index contributed by atoms with van der Waals surface area (Å²) in [6.07, 6.45) is 2.45. The Morgan fingerprint density at radius 3 is 2.54 bits per heavy atom. The van der Waals surface area contributed by atoms with Gasteiger partial charge in [-0.15, -0.1) is 0 Å². The zero-order valence-corrected chi connectivity index (χ0v) is 14.1. The second kappa shape index (κ2) is 7.97. The van der Waals surface area contributed by atoms with E-state index in [0.717, 1.165) is 30.3 Å². The number of piperidine rings is 1. The molecular formula is C20H24N2O2. The van der Waals surface area contributed by atoms with Crippen molar-refractivity contribution < 1.29 is 9.53 Å². The molecule has 126 valence electrons. The van der Waals surface area contributed by atoms with E-state index in [4.69, 9.17) is 4.74 Å². The first-order valence-corrected chi connectivity index (χ1v) is 8.54. The Labute approximate surface area is 143 Å². The van der Waals surface area contributed by atoms with Crippen molar-refractivity contribution in [2.75, 3.05) is 25.0 Å². The molecule has 0 radical (unpaired) electrons. The number of rotatable bonds is 5. The van der Waals surface area contributed by atoms with Crippen LogP contribution in [0.4, 0.5) is 5.69 Å². The summed E-state index contributed by atoms with van der Waals surface area (Å²) in [5.74, 6) is 2.28. The van der Waals surface area contributed by atoms with Crippen molar-refractivity contribution in [3.8, 4) is 11.5 Å². The van der Waals surface area contributed by atoms with Crippen LogP contribution in [-0.2, 0) is 4.79 Å². The molecule has 1 N–H and O–H groups in total. The maximum absolute atomic E-state index is 12.2. The van der Waals surface area contributed by atoms with Crippen LogP contribution in [0.5, 0.6) is 11.5 Å². The highest BCUT2D eigenvalue weighted by Crippen LogP contribution is 2.22. The Hall–Kier alpha value is -2.33. The smallest absolute Gasteiger partial charge is 0.238 e. The molecule has 0 saturated carbocycles. The highest BCUT2D eigenvalue weighted by atomic mass is 16.5. The van der Waals surface area contributed by atoms with Crippen LogP contribution >= 0.6 is 0 Å². The van der Waals surface area contributed by atoms with Gasteiger partial charge in [0.05, 0.1) is 6.54 Å². The van der Waals surface area contributed by atoms with Crippen LogP contribution < -0.4 is 10.1 Å². The lowest BCUT2D eigenvalue weighted by Gasteiger charge is -2.30. The Morgan fingerprint density at radius 2 is 1.83 bits per heavy atom. The first-order chi connectivity index (χ1) is 11.7. The van der Waals surface area contributed by atoms with E-state index in [9.17, 15) is 4.79 Å². The highest BCUT2D eigenvalue weighted by molar-refractivity contribution is 5.92. The van der Waals surface area contributed by atoms with E-state index in [1.54, 1.807) is 0 Å². The lowest BCUT2D eigenvalue weighted by atomic mass is 10.0. The fourth-order valence-electron chi connectivity index (χ4n) is 3.06. The molecule has 24 heavy (non-hydrogen) atoms. The molecule has 0 aromatic heterocycles. The molecule has 2 aromatic rings. The predicted octanol–water partition coefficient (Wildman–Crippen LogP) is 4.15. The molecule has 1 atom stereocenters. The second-order valence-corrected chi connectivity index (χ2v) is 6.47. The fourth-order valence-corrected chi connectivity index (χ4v) is 3.06. The van der Waals surface area contributed by atoms with Gasteiger partial charge in [-0.2, -0.15) is 0 Å². The van der Waals surface area contributed by atoms with E-state index in [1.807, 2.05) is 54.6 Å². The number of likely N-dealkylation sites (tertiary alicyclic amines) is 1. The zero-order chi connectivity index (χ0) is 16.8. The van der Waals surface area contributed by atoms with Gasteiger partial charge in [0.15, 0.2) is 0 Å².